The van der Waals surface area contributed by atoms with E-state index < -0.39 is 11.7 Å². The van der Waals surface area contributed by atoms with Crippen molar-refractivity contribution in [2.75, 3.05) is 6.61 Å². The fourth-order valence-corrected chi connectivity index (χ4v) is 3.62. The van der Waals surface area contributed by atoms with Crippen molar-refractivity contribution in [2.45, 2.75) is 60.1 Å². The third-order valence-electron chi connectivity index (χ3n) is 4.75. The number of hydrogen-bond acceptors (Lipinski definition) is 6. The Kier molecular flexibility index (Phi) is 10.6. The van der Waals surface area contributed by atoms with Crippen molar-refractivity contribution in [1.82, 2.24) is 5.32 Å². The van der Waals surface area contributed by atoms with Crippen molar-refractivity contribution in [3.05, 3.63) is 81.2 Å². The summed E-state index contributed by atoms with van der Waals surface area (Å²) in [6.45, 7) is 11.1. The number of amides is 1. The van der Waals surface area contributed by atoms with Crippen molar-refractivity contribution >= 4 is 33.6 Å². The minimum absolute atomic E-state index is 0.0815. The number of carbonyl (C=O) groups excluding carboxylic acids is 2. The Hall–Kier alpha value is -3.26. The van der Waals surface area contributed by atoms with Crippen molar-refractivity contribution in [3.63, 3.8) is 0 Å². The quantitative estimate of drug-likeness (QED) is 0.198. The summed E-state index contributed by atoms with van der Waals surface area (Å²) in [7, 11) is 0. The highest BCUT2D eigenvalue weighted by Crippen LogP contribution is 2.28. The molecule has 0 unspecified atom stereocenters. The molecule has 0 fully saturated rings. The van der Waals surface area contributed by atoms with Gasteiger partial charge in [-0.15, -0.1) is 0 Å². The Labute approximate surface area is 221 Å². The summed E-state index contributed by atoms with van der Waals surface area (Å²) in [6, 6.07) is 12.9. The van der Waals surface area contributed by atoms with Gasteiger partial charge in [0, 0.05) is 22.2 Å². The van der Waals surface area contributed by atoms with Crippen LogP contribution < -0.4 is 10.1 Å². The average Bonchev–Trinajstić information content (AvgIpc) is 2.77. The van der Waals surface area contributed by atoms with Crippen LogP contribution in [0.1, 0.15) is 58.2 Å². The standard InChI is InChI=1S/C28H34BrNO6/c1-7-34-26(32)15-22-11-12-23(29)16-25(22)35-18(2)13-24(19(3)31)21-10-8-9-20(14-21)17-30-27(33)36-28(4,5)6/h8-14,16,31H,7,15,17H2,1-6H3,(H,30,33)/b18-13?,24-19-. The van der Waals surface area contributed by atoms with Gasteiger partial charge in [-0.2, -0.15) is 0 Å². The van der Waals surface area contributed by atoms with Crippen LogP contribution in [0.2, 0.25) is 0 Å². The molecule has 0 atom stereocenters. The summed E-state index contributed by atoms with van der Waals surface area (Å²) in [5.41, 5.74) is 2.26. The second-order valence-electron chi connectivity index (χ2n) is 9.15. The Morgan fingerprint density at radius 1 is 1.11 bits per heavy atom. The normalized spacial score (nSPS) is 12.5. The molecule has 0 aliphatic rings. The van der Waals surface area contributed by atoms with Gasteiger partial charge in [0.25, 0.3) is 0 Å². The van der Waals surface area contributed by atoms with Gasteiger partial charge in [-0.3, -0.25) is 4.79 Å². The number of carbonyl (C=O) groups is 2. The maximum absolute atomic E-state index is 12.0. The molecule has 0 aliphatic heterocycles. The molecule has 2 aromatic carbocycles. The first-order valence-electron chi connectivity index (χ1n) is 11.6. The maximum Gasteiger partial charge on any atom is 0.407 e. The Balaban J connectivity index is 2.23. The highest BCUT2D eigenvalue weighted by Gasteiger charge is 2.16. The van der Waals surface area contributed by atoms with Gasteiger partial charge in [0.05, 0.1) is 18.8 Å². The van der Waals surface area contributed by atoms with E-state index in [1.165, 1.54) is 0 Å². The zero-order valence-corrected chi connectivity index (χ0v) is 23.2. The molecule has 0 aromatic heterocycles. The first kappa shape index (κ1) is 29.0. The lowest BCUT2D eigenvalue weighted by atomic mass is 10.0. The molecule has 2 rings (SSSR count). The van der Waals surface area contributed by atoms with Crippen LogP contribution >= 0.6 is 15.9 Å². The number of aliphatic hydroxyl groups excluding tert-OH is 1. The smallest absolute Gasteiger partial charge is 0.407 e. The SMILES string of the molecule is CCOC(=O)Cc1ccc(Br)cc1OC(C)=C/C(=C(\C)O)c1cccc(CNC(=O)OC(C)(C)C)c1. The van der Waals surface area contributed by atoms with Gasteiger partial charge < -0.3 is 24.6 Å². The van der Waals surface area contributed by atoms with E-state index in [0.29, 0.717) is 29.3 Å². The van der Waals surface area contributed by atoms with Crippen LogP contribution in [0.5, 0.6) is 5.75 Å². The van der Waals surface area contributed by atoms with Gasteiger partial charge in [-0.1, -0.05) is 40.2 Å². The van der Waals surface area contributed by atoms with Crippen LogP contribution in [0.3, 0.4) is 0 Å². The summed E-state index contributed by atoms with van der Waals surface area (Å²) in [5.74, 6) is 0.793. The second kappa shape index (κ2) is 13.2. The lowest BCUT2D eigenvalue weighted by Gasteiger charge is -2.19. The van der Waals surface area contributed by atoms with Crippen molar-refractivity contribution in [3.8, 4) is 5.75 Å². The fraction of sp³-hybridized carbons (Fsp3) is 0.357. The number of alkyl carbamates (subject to hydrolysis) is 1. The largest absolute Gasteiger partial charge is 0.512 e. The van der Waals surface area contributed by atoms with Gasteiger partial charge in [0.15, 0.2) is 0 Å². The number of halogens is 1. The molecular weight excluding hydrogens is 526 g/mol. The molecule has 0 bridgehead atoms. The van der Waals surface area contributed by atoms with E-state index in [4.69, 9.17) is 14.2 Å². The molecule has 2 aromatic rings. The number of hydrogen-bond donors (Lipinski definition) is 2. The molecule has 1 amide bonds. The number of aliphatic hydroxyl groups is 1. The molecule has 0 radical (unpaired) electrons. The van der Waals surface area contributed by atoms with Crippen LogP contribution in [-0.2, 0) is 27.2 Å². The fourth-order valence-electron chi connectivity index (χ4n) is 3.28. The molecular formula is C28H34BrNO6. The van der Waals surface area contributed by atoms with E-state index >= 15 is 0 Å². The number of benzene rings is 2. The van der Waals surface area contributed by atoms with Crippen LogP contribution in [0.4, 0.5) is 4.79 Å². The molecule has 194 valence electrons. The number of nitrogens with one attached hydrogen (secondary N) is 1. The summed E-state index contributed by atoms with van der Waals surface area (Å²) < 4.78 is 17.2. The first-order valence-corrected chi connectivity index (χ1v) is 12.4. The number of rotatable bonds is 9. The lowest BCUT2D eigenvalue weighted by molar-refractivity contribution is -0.142. The second-order valence-corrected chi connectivity index (χ2v) is 10.1. The Morgan fingerprint density at radius 2 is 1.83 bits per heavy atom. The van der Waals surface area contributed by atoms with E-state index in [2.05, 4.69) is 21.2 Å². The van der Waals surface area contributed by atoms with Crippen LogP contribution in [0, 0.1) is 0 Å². The van der Waals surface area contributed by atoms with E-state index in [9.17, 15) is 14.7 Å². The summed E-state index contributed by atoms with van der Waals surface area (Å²) >= 11 is 3.44. The third-order valence-corrected chi connectivity index (χ3v) is 5.24. The molecule has 0 saturated carbocycles. The molecule has 0 aliphatic carbocycles. The van der Waals surface area contributed by atoms with E-state index in [-0.39, 0.29) is 24.7 Å². The summed E-state index contributed by atoms with van der Waals surface area (Å²) in [6.07, 6.45) is 1.31. The highest BCUT2D eigenvalue weighted by molar-refractivity contribution is 9.10. The molecule has 0 heterocycles. The van der Waals surface area contributed by atoms with Gasteiger partial charge in [-0.25, -0.2) is 4.79 Å². The van der Waals surface area contributed by atoms with Gasteiger partial charge >= 0.3 is 12.1 Å². The van der Waals surface area contributed by atoms with Gasteiger partial charge in [0.2, 0.25) is 0 Å². The van der Waals surface area contributed by atoms with Crippen molar-refractivity contribution < 1.29 is 28.9 Å². The minimum Gasteiger partial charge on any atom is -0.512 e. The Bertz CT molecular complexity index is 1140. The summed E-state index contributed by atoms with van der Waals surface area (Å²) in [5, 5.41) is 13.2. The van der Waals surface area contributed by atoms with E-state index in [1.807, 2.05) is 30.3 Å². The molecule has 8 heteroatoms. The molecule has 0 saturated heterocycles. The van der Waals surface area contributed by atoms with Crippen LogP contribution in [-0.4, -0.2) is 29.4 Å². The maximum atomic E-state index is 12.0. The van der Waals surface area contributed by atoms with Crippen molar-refractivity contribution in [1.29, 1.82) is 0 Å². The molecule has 7 nitrogen and oxygen atoms in total. The van der Waals surface area contributed by atoms with Gasteiger partial charge in [-0.05, 0) is 76.9 Å². The zero-order valence-electron chi connectivity index (χ0n) is 21.6. The summed E-state index contributed by atoms with van der Waals surface area (Å²) in [4.78, 5) is 24.0. The number of ether oxygens (including phenoxy) is 3. The average molecular weight is 560 g/mol. The number of allylic oxidation sites excluding steroid dienone is 4. The zero-order chi connectivity index (χ0) is 26.9. The minimum atomic E-state index is -0.581. The molecule has 2 N–H and O–H groups in total. The highest BCUT2D eigenvalue weighted by atomic mass is 79.9. The molecule has 36 heavy (non-hydrogen) atoms. The molecule has 0 spiro atoms. The van der Waals surface area contributed by atoms with Crippen LogP contribution in [0.25, 0.3) is 5.57 Å². The predicted molar refractivity (Wildman–Crippen MR) is 144 cm³/mol. The topological polar surface area (TPSA) is 94.1 Å². The number of esters is 1. The van der Waals surface area contributed by atoms with Crippen LogP contribution in [0.15, 0.2) is 64.5 Å². The van der Waals surface area contributed by atoms with Gasteiger partial charge in [0.1, 0.15) is 17.1 Å². The predicted octanol–water partition coefficient (Wildman–Crippen LogP) is 6.85. The monoisotopic (exact) mass is 559 g/mol. The Morgan fingerprint density at radius 3 is 2.47 bits per heavy atom. The van der Waals surface area contributed by atoms with E-state index in [1.54, 1.807) is 59.8 Å². The van der Waals surface area contributed by atoms with E-state index in [0.717, 1.165) is 15.6 Å². The van der Waals surface area contributed by atoms with Crippen molar-refractivity contribution in [2.24, 2.45) is 0 Å². The lowest BCUT2D eigenvalue weighted by Crippen LogP contribution is -2.32. The third kappa shape index (κ3) is 9.77. The first-order chi connectivity index (χ1) is 16.9.